The molecule has 1 atom stereocenters. The molecule has 1 aliphatic heterocycles. The third kappa shape index (κ3) is 4.84. The highest BCUT2D eigenvalue weighted by Gasteiger charge is 2.34. The van der Waals surface area contributed by atoms with Gasteiger partial charge in [0.1, 0.15) is 67.3 Å². The summed E-state index contributed by atoms with van der Waals surface area (Å²) in [5.74, 6) is 1.94. The van der Waals surface area contributed by atoms with E-state index in [2.05, 4.69) is 152 Å². The molecule has 0 radical (unpaired) electrons. The van der Waals surface area contributed by atoms with Gasteiger partial charge in [0.15, 0.2) is 0 Å². The predicted molar refractivity (Wildman–Crippen MR) is 264 cm³/mol. The zero-order valence-electron chi connectivity index (χ0n) is 35.0. The second-order valence-corrected chi connectivity index (χ2v) is 17.9. The van der Waals surface area contributed by atoms with Gasteiger partial charge in [-0.15, -0.1) is 0 Å². The minimum absolute atomic E-state index is 0.0856. The monoisotopic (exact) mass is 848 g/mol. The SMILES string of the molecule is C1=C(c2ccc3oc4cc5c(cc4c3c2)oc2ccc(-c3ccc4oc6ccccc6c4c3)cc25)CC2C(=C1)Oc1cc3c(cc12)oc1ccc(-c2ccc4oc5ccccc5c4c2)cc13. The first-order chi connectivity index (χ1) is 32.6. The van der Waals surface area contributed by atoms with Crippen molar-refractivity contribution in [3.63, 3.8) is 0 Å². The van der Waals surface area contributed by atoms with Crippen LogP contribution in [0.4, 0.5) is 0 Å². The molecule has 0 spiro atoms. The van der Waals surface area contributed by atoms with E-state index in [9.17, 15) is 0 Å². The summed E-state index contributed by atoms with van der Waals surface area (Å²) in [4.78, 5) is 0. The lowest BCUT2D eigenvalue weighted by molar-refractivity contribution is 0.427. The number of allylic oxidation sites excluding steroid dienone is 4. The van der Waals surface area contributed by atoms with Crippen LogP contribution in [-0.2, 0) is 0 Å². The zero-order chi connectivity index (χ0) is 42.8. The first-order valence-corrected chi connectivity index (χ1v) is 22.4. The van der Waals surface area contributed by atoms with Crippen LogP contribution in [0.15, 0.2) is 204 Å². The standard InChI is InChI=1S/C60H32O6/c1-3-7-49-37(5-1)39-21-31(9-15-51(39)61-49)33-11-17-53-41(23-33)45-27-59-47(29-57(45)63-53)43-25-35(13-19-55(43)65-59)36-14-20-56-44(26-36)48-30-58-46(28-60(48)66-56)42-24-34(12-18-54(42)64-58)32-10-16-52-40(22-32)38-6-2-4-8-50(38)62-52/h1-25,27-30,44H,26H2. The predicted octanol–water partition coefficient (Wildman–Crippen LogP) is 17.4. The van der Waals surface area contributed by atoms with Gasteiger partial charge in [0, 0.05) is 59.4 Å². The average molecular weight is 849 g/mol. The third-order valence-corrected chi connectivity index (χ3v) is 14.3. The number of para-hydroxylation sites is 2. The Labute approximate surface area is 373 Å². The molecule has 0 saturated carbocycles. The van der Waals surface area contributed by atoms with Gasteiger partial charge in [-0.1, -0.05) is 72.8 Å². The molecular formula is C60H32O6. The van der Waals surface area contributed by atoms with Crippen LogP contribution in [0.25, 0.3) is 138 Å². The van der Waals surface area contributed by atoms with Crippen molar-refractivity contribution in [2.75, 3.05) is 0 Å². The average Bonchev–Trinajstić information content (AvgIpc) is 4.22. The lowest BCUT2D eigenvalue weighted by Gasteiger charge is -2.18. The number of hydrogen-bond acceptors (Lipinski definition) is 6. The summed E-state index contributed by atoms with van der Waals surface area (Å²) in [5.41, 5.74) is 16.7. The van der Waals surface area contributed by atoms with Crippen LogP contribution in [0.5, 0.6) is 5.75 Å². The Morgan fingerprint density at radius 2 is 0.682 bits per heavy atom. The van der Waals surface area contributed by atoms with E-state index in [-0.39, 0.29) is 5.92 Å². The van der Waals surface area contributed by atoms with E-state index in [0.717, 1.165) is 161 Å². The van der Waals surface area contributed by atoms with Crippen LogP contribution in [0.2, 0.25) is 0 Å². The summed E-state index contributed by atoms with van der Waals surface area (Å²) in [6, 6.07) is 57.2. The maximum absolute atomic E-state index is 6.59. The van der Waals surface area contributed by atoms with Crippen molar-refractivity contribution in [2.24, 2.45) is 0 Å². The van der Waals surface area contributed by atoms with Gasteiger partial charge >= 0.3 is 0 Å². The molecule has 66 heavy (non-hydrogen) atoms. The Morgan fingerprint density at radius 3 is 1.20 bits per heavy atom. The molecule has 0 saturated heterocycles. The summed E-state index contributed by atoms with van der Waals surface area (Å²) in [7, 11) is 0. The summed E-state index contributed by atoms with van der Waals surface area (Å²) in [5, 5.41) is 10.8. The number of hydrogen-bond donors (Lipinski definition) is 0. The van der Waals surface area contributed by atoms with Crippen LogP contribution in [0.3, 0.4) is 0 Å². The molecule has 5 aromatic heterocycles. The molecule has 0 bridgehead atoms. The van der Waals surface area contributed by atoms with Crippen molar-refractivity contribution >= 4 is 115 Å². The number of furan rings is 5. The highest BCUT2D eigenvalue weighted by molar-refractivity contribution is 6.16. The molecule has 0 fully saturated rings. The quantitative estimate of drug-likeness (QED) is 0.176. The van der Waals surface area contributed by atoms with Crippen molar-refractivity contribution in [2.45, 2.75) is 12.3 Å². The number of benzene rings is 9. The fraction of sp³-hybridized carbons (Fsp3) is 0.0333. The van der Waals surface area contributed by atoms with E-state index in [1.165, 1.54) is 5.57 Å². The van der Waals surface area contributed by atoms with Crippen LogP contribution in [0, 0.1) is 0 Å². The van der Waals surface area contributed by atoms with Crippen molar-refractivity contribution in [1.29, 1.82) is 0 Å². The fourth-order valence-corrected chi connectivity index (χ4v) is 11.0. The van der Waals surface area contributed by atoms with Crippen LogP contribution in [-0.4, -0.2) is 0 Å². The third-order valence-electron chi connectivity index (χ3n) is 14.3. The first kappa shape index (κ1) is 34.7. The normalized spacial score (nSPS) is 15.1. The van der Waals surface area contributed by atoms with Crippen molar-refractivity contribution in [3.05, 3.63) is 193 Å². The van der Waals surface area contributed by atoms with E-state index in [1.807, 2.05) is 24.3 Å². The van der Waals surface area contributed by atoms with Crippen LogP contribution in [0.1, 0.15) is 23.5 Å². The second-order valence-electron chi connectivity index (χ2n) is 17.9. The van der Waals surface area contributed by atoms with E-state index < -0.39 is 0 Å². The van der Waals surface area contributed by atoms with Gasteiger partial charge in [0.05, 0.1) is 5.92 Å². The van der Waals surface area contributed by atoms with E-state index in [4.69, 9.17) is 26.8 Å². The molecular weight excluding hydrogens is 817 g/mol. The van der Waals surface area contributed by atoms with E-state index in [0.29, 0.717) is 0 Å². The Hall–Kier alpha value is -8.74. The molecule has 9 aromatic carbocycles. The van der Waals surface area contributed by atoms with Gasteiger partial charge in [0.25, 0.3) is 0 Å². The van der Waals surface area contributed by atoms with Gasteiger partial charge < -0.3 is 26.8 Å². The summed E-state index contributed by atoms with van der Waals surface area (Å²) in [6.45, 7) is 0. The van der Waals surface area contributed by atoms with Crippen molar-refractivity contribution in [1.82, 2.24) is 0 Å². The molecule has 6 nitrogen and oxygen atoms in total. The van der Waals surface area contributed by atoms with Gasteiger partial charge in [-0.25, -0.2) is 0 Å². The van der Waals surface area contributed by atoms with E-state index in [1.54, 1.807) is 0 Å². The van der Waals surface area contributed by atoms with E-state index >= 15 is 0 Å². The Kier molecular flexibility index (Phi) is 6.57. The molecule has 6 heterocycles. The second kappa shape index (κ2) is 12.5. The summed E-state index contributed by atoms with van der Waals surface area (Å²) in [6.07, 6.45) is 5.15. The lowest BCUT2D eigenvalue weighted by Crippen LogP contribution is -2.04. The van der Waals surface area contributed by atoms with Crippen molar-refractivity contribution < 1.29 is 26.8 Å². The molecule has 2 aliphatic rings. The van der Waals surface area contributed by atoms with Crippen molar-refractivity contribution in [3.8, 4) is 28.0 Å². The number of ether oxygens (including phenoxy) is 1. The summed E-state index contributed by atoms with van der Waals surface area (Å²) >= 11 is 0. The van der Waals surface area contributed by atoms with Crippen LogP contribution >= 0.6 is 0 Å². The smallest absolute Gasteiger partial charge is 0.136 e. The minimum Gasteiger partial charge on any atom is -0.461 e. The van der Waals surface area contributed by atoms with Gasteiger partial charge in [-0.2, -0.15) is 0 Å². The molecule has 16 rings (SSSR count). The molecule has 0 N–H and O–H groups in total. The molecule has 14 aromatic rings. The van der Waals surface area contributed by atoms with Gasteiger partial charge in [-0.3, -0.25) is 0 Å². The highest BCUT2D eigenvalue weighted by Crippen LogP contribution is 2.51. The Bertz CT molecular complexity index is 4540. The first-order valence-electron chi connectivity index (χ1n) is 22.4. The topological polar surface area (TPSA) is 74.9 Å². The molecule has 1 aliphatic carbocycles. The number of fused-ring (bicyclic) bond motifs is 18. The Balaban J connectivity index is 0.721. The highest BCUT2D eigenvalue weighted by atomic mass is 16.5. The fourth-order valence-electron chi connectivity index (χ4n) is 11.0. The molecule has 308 valence electrons. The largest absolute Gasteiger partial charge is 0.461 e. The van der Waals surface area contributed by atoms with Crippen LogP contribution < -0.4 is 4.74 Å². The minimum atomic E-state index is 0.0856. The maximum Gasteiger partial charge on any atom is 0.136 e. The van der Waals surface area contributed by atoms with Gasteiger partial charge in [-0.05, 0) is 143 Å². The molecule has 6 heteroatoms. The number of rotatable bonds is 3. The maximum atomic E-state index is 6.59. The lowest BCUT2D eigenvalue weighted by atomic mass is 9.85. The molecule has 0 amide bonds. The van der Waals surface area contributed by atoms with Gasteiger partial charge in [0.2, 0.25) is 0 Å². The zero-order valence-corrected chi connectivity index (χ0v) is 35.0. The Morgan fingerprint density at radius 1 is 0.303 bits per heavy atom. The molecule has 1 unspecified atom stereocenters. The summed E-state index contributed by atoms with van der Waals surface area (Å²) < 4.78 is 38.4.